The van der Waals surface area contributed by atoms with Gasteiger partial charge in [0.05, 0.1) is 24.8 Å². The van der Waals surface area contributed by atoms with Gasteiger partial charge >= 0.3 is 5.97 Å². The second-order valence-corrected chi connectivity index (χ2v) is 6.45. The van der Waals surface area contributed by atoms with E-state index in [0.717, 1.165) is 10.8 Å². The maximum Gasteiger partial charge on any atom is 0.307 e. The van der Waals surface area contributed by atoms with Gasteiger partial charge in [0, 0.05) is 5.56 Å². The molecule has 0 fully saturated rings. The van der Waals surface area contributed by atoms with Crippen LogP contribution in [0.4, 0.5) is 0 Å². The molecule has 7 heteroatoms. The number of hydrazone groups is 1. The fraction of sp³-hybridized carbons (Fsp3) is 0.136. The molecule has 0 radical (unpaired) electrons. The van der Waals surface area contributed by atoms with E-state index < -0.39 is 11.9 Å². The van der Waals surface area contributed by atoms with Crippen LogP contribution >= 0.6 is 0 Å². The summed E-state index contributed by atoms with van der Waals surface area (Å²) in [6.07, 6.45) is -0.193. The summed E-state index contributed by atoms with van der Waals surface area (Å²) in [6, 6.07) is 15.6. The van der Waals surface area contributed by atoms with Crippen LogP contribution in [0, 0.1) is 0 Å². The number of ether oxygens (including phenoxy) is 1. The first-order valence-electron chi connectivity index (χ1n) is 8.84. The summed E-state index contributed by atoms with van der Waals surface area (Å²) < 4.78 is 5.18. The molecule has 29 heavy (non-hydrogen) atoms. The van der Waals surface area contributed by atoms with Gasteiger partial charge < -0.3 is 14.9 Å². The molecule has 0 bridgehead atoms. The molecule has 0 aliphatic carbocycles. The van der Waals surface area contributed by atoms with Gasteiger partial charge in [-0.25, -0.2) is 5.43 Å². The zero-order valence-corrected chi connectivity index (χ0v) is 16.0. The van der Waals surface area contributed by atoms with Crippen molar-refractivity contribution in [1.82, 2.24) is 5.43 Å². The number of carboxylic acids is 1. The lowest BCUT2D eigenvalue weighted by Crippen LogP contribution is -2.19. The van der Waals surface area contributed by atoms with Crippen molar-refractivity contribution in [2.45, 2.75) is 13.3 Å². The monoisotopic (exact) mass is 392 g/mol. The molecule has 0 saturated heterocycles. The van der Waals surface area contributed by atoms with E-state index in [0.29, 0.717) is 22.6 Å². The predicted molar refractivity (Wildman–Crippen MR) is 110 cm³/mol. The van der Waals surface area contributed by atoms with Crippen LogP contribution in [-0.4, -0.2) is 34.9 Å². The van der Waals surface area contributed by atoms with Gasteiger partial charge in [0.1, 0.15) is 11.5 Å². The number of phenolic OH excluding ortho intramolecular Hbond substituents is 1. The Morgan fingerprint density at radius 3 is 2.41 bits per heavy atom. The molecule has 0 saturated carbocycles. The molecule has 0 aliphatic rings. The Bertz CT molecular complexity index is 1120. The van der Waals surface area contributed by atoms with Crippen molar-refractivity contribution in [1.29, 1.82) is 0 Å². The van der Waals surface area contributed by atoms with Crippen molar-refractivity contribution < 1.29 is 24.5 Å². The molecule has 148 valence electrons. The molecule has 3 aromatic carbocycles. The Morgan fingerprint density at radius 2 is 1.76 bits per heavy atom. The van der Waals surface area contributed by atoms with E-state index in [1.54, 1.807) is 31.2 Å². The standard InChI is InChI=1S/C22H20N2O5/c1-13(14-7-8-20(29-2)17(9-14)12-21(26)27)23-24-22(28)18-10-15-5-3-4-6-16(15)11-19(18)25/h3-11,25H,12H2,1-2H3,(H,24,28)(H,26,27)/b23-13-. The quantitative estimate of drug-likeness (QED) is 0.440. The van der Waals surface area contributed by atoms with Crippen LogP contribution in [0.15, 0.2) is 59.7 Å². The van der Waals surface area contributed by atoms with Crippen LogP contribution in [0.2, 0.25) is 0 Å². The number of rotatable bonds is 6. The minimum atomic E-state index is -0.977. The number of methoxy groups -OCH3 is 1. The first-order valence-corrected chi connectivity index (χ1v) is 8.84. The first-order chi connectivity index (χ1) is 13.9. The van der Waals surface area contributed by atoms with Crippen molar-refractivity contribution in [3.8, 4) is 11.5 Å². The van der Waals surface area contributed by atoms with Crippen molar-refractivity contribution in [2.24, 2.45) is 5.10 Å². The third-order valence-corrected chi connectivity index (χ3v) is 4.47. The van der Waals surface area contributed by atoms with Gasteiger partial charge in [-0.2, -0.15) is 5.10 Å². The number of amides is 1. The van der Waals surface area contributed by atoms with Gasteiger partial charge in [0.25, 0.3) is 5.91 Å². The fourth-order valence-electron chi connectivity index (χ4n) is 2.97. The number of nitrogens with one attached hydrogen (secondary N) is 1. The highest BCUT2D eigenvalue weighted by Crippen LogP contribution is 2.25. The Morgan fingerprint density at radius 1 is 1.07 bits per heavy atom. The Labute approximate surface area is 167 Å². The number of aliphatic carboxylic acids is 1. The SMILES string of the molecule is COc1ccc(/C(C)=N\NC(=O)c2cc3ccccc3cc2O)cc1CC(=O)O. The van der Waals surface area contributed by atoms with E-state index in [4.69, 9.17) is 9.84 Å². The second kappa shape index (κ2) is 8.43. The molecule has 3 aromatic rings. The van der Waals surface area contributed by atoms with Crippen molar-refractivity contribution in [2.75, 3.05) is 7.11 Å². The second-order valence-electron chi connectivity index (χ2n) is 6.45. The van der Waals surface area contributed by atoms with Gasteiger partial charge in [0.15, 0.2) is 0 Å². The Balaban J connectivity index is 1.83. The van der Waals surface area contributed by atoms with Crippen LogP contribution < -0.4 is 10.2 Å². The zero-order chi connectivity index (χ0) is 21.0. The Hall–Kier alpha value is -3.87. The molecule has 1 amide bonds. The van der Waals surface area contributed by atoms with Crippen molar-refractivity contribution in [3.05, 3.63) is 71.3 Å². The van der Waals surface area contributed by atoms with E-state index in [9.17, 15) is 14.7 Å². The number of carbonyl (C=O) groups is 2. The molecule has 0 aliphatic heterocycles. The summed E-state index contributed by atoms with van der Waals surface area (Å²) in [7, 11) is 1.47. The number of nitrogens with zero attached hydrogens (tertiary/aromatic N) is 1. The third-order valence-electron chi connectivity index (χ3n) is 4.47. The predicted octanol–water partition coefficient (Wildman–Crippen LogP) is 3.34. The number of phenols is 1. The highest BCUT2D eigenvalue weighted by atomic mass is 16.5. The highest BCUT2D eigenvalue weighted by Gasteiger charge is 2.13. The van der Waals surface area contributed by atoms with E-state index in [1.807, 2.05) is 24.3 Å². The largest absolute Gasteiger partial charge is 0.507 e. The van der Waals surface area contributed by atoms with E-state index in [1.165, 1.54) is 13.2 Å². The van der Waals surface area contributed by atoms with Crippen LogP contribution in [0.3, 0.4) is 0 Å². The van der Waals surface area contributed by atoms with Gasteiger partial charge in [-0.3, -0.25) is 9.59 Å². The minimum absolute atomic E-state index is 0.113. The maximum absolute atomic E-state index is 12.5. The van der Waals surface area contributed by atoms with Crippen LogP contribution in [0.5, 0.6) is 11.5 Å². The third kappa shape index (κ3) is 4.52. The van der Waals surface area contributed by atoms with Gasteiger partial charge in [-0.15, -0.1) is 0 Å². The summed E-state index contributed by atoms with van der Waals surface area (Å²) in [5.41, 5.74) is 4.17. The lowest BCUT2D eigenvalue weighted by atomic mass is 10.0. The molecule has 0 heterocycles. The van der Waals surface area contributed by atoms with E-state index in [2.05, 4.69) is 10.5 Å². The summed E-state index contributed by atoms with van der Waals surface area (Å²) in [5.74, 6) is -1.20. The lowest BCUT2D eigenvalue weighted by molar-refractivity contribution is -0.136. The van der Waals surface area contributed by atoms with Crippen molar-refractivity contribution in [3.63, 3.8) is 0 Å². The topological polar surface area (TPSA) is 108 Å². The fourth-order valence-corrected chi connectivity index (χ4v) is 2.97. The molecule has 0 atom stereocenters. The molecule has 3 rings (SSSR count). The van der Waals surface area contributed by atoms with Gasteiger partial charge in [-0.1, -0.05) is 24.3 Å². The van der Waals surface area contributed by atoms with Crippen LogP contribution in [-0.2, 0) is 11.2 Å². The van der Waals surface area contributed by atoms with Crippen LogP contribution in [0.25, 0.3) is 10.8 Å². The average Bonchev–Trinajstić information content (AvgIpc) is 2.70. The first kappa shape index (κ1) is 19.9. The number of fused-ring (bicyclic) bond motifs is 1. The van der Waals surface area contributed by atoms with Gasteiger partial charge in [-0.05, 0) is 53.6 Å². The molecule has 0 aromatic heterocycles. The summed E-state index contributed by atoms with van der Waals surface area (Å²) in [4.78, 5) is 23.5. The minimum Gasteiger partial charge on any atom is -0.507 e. The van der Waals surface area contributed by atoms with E-state index >= 15 is 0 Å². The molecule has 7 nitrogen and oxygen atoms in total. The summed E-state index contributed by atoms with van der Waals surface area (Å²) in [6.45, 7) is 1.69. The number of carbonyl (C=O) groups excluding carboxylic acids is 1. The zero-order valence-electron chi connectivity index (χ0n) is 16.0. The number of aromatic hydroxyl groups is 1. The molecular weight excluding hydrogens is 372 g/mol. The Kier molecular flexibility index (Phi) is 5.78. The number of hydrogen-bond acceptors (Lipinski definition) is 5. The van der Waals surface area contributed by atoms with Crippen LogP contribution in [0.1, 0.15) is 28.4 Å². The lowest BCUT2D eigenvalue weighted by Gasteiger charge is -2.10. The summed E-state index contributed by atoms with van der Waals surface area (Å²) in [5, 5.41) is 24.9. The maximum atomic E-state index is 12.5. The highest BCUT2D eigenvalue weighted by molar-refractivity contribution is 6.03. The average molecular weight is 392 g/mol. The number of benzene rings is 3. The molecule has 0 spiro atoms. The molecular formula is C22H20N2O5. The van der Waals surface area contributed by atoms with Gasteiger partial charge in [0.2, 0.25) is 0 Å². The van der Waals surface area contributed by atoms with E-state index in [-0.39, 0.29) is 17.7 Å². The number of carboxylic acid groups (broad SMARTS) is 1. The van der Waals surface area contributed by atoms with Crippen molar-refractivity contribution >= 4 is 28.4 Å². The molecule has 3 N–H and O–H groups in total. The molecule has 0 unspecified atom stereocenters. The summed E-state index contributed by atoms with van der Waals surface area (Å²) >= 11 is 0. The normalized spacial score (nSPS) is 11.3. The number of hydrogen-bond donors (Lipinski definition) is 3. The smallest absolute Gasteiger partial charge is 0.307 e.